The summed E-state index contributed by atoms with van der Waals surface area (Å²) in [6.07, 6.45) is 25.3. The number of quaternary nitrogens is 1. The lowest BCUT2D eigenvalue weighted by atomic mass is 10.1. The quantitative estimate of drug-likeness (QED) is 0.0510. The Hall–Kier alpha value is -2.45. The third kappa shape index (κ3) is 24.2. The number of allylic oxidation sites excluding steroid dienone is 6. The molecule has 0 saturated carbocycles. The Balaban J connectivity index is 4.36. The molecular weight excluding hydrogens is 534 g/mol. The van der Waals surface area contributed by atoms with Crippen LogP contribution in [0, 0.1) is 0 Å². The summed E-state index contributed by atoms with van der Waals surface area (Å²) >= 11 is 0. The van der Waals surface area contributed by atoms with Crippen molar-refractivity contribution in [2.45, 2.75) is 122 Å². The van der Waals surface area contributed by atoms with Gasteiger partial charge < -0.3 is 28.6 Å². The van der Waals surface area contributed by atoms with Crippen LogP contribution in [0.3, 0.4) is 0 Å². The van der Waals surface area contributed by atoms with Crippen molar-refractivity contribution in [3.8, 4) is 0 Å². The predicted molar refractivity (Wildman–Crippen MR) is 167 cm³/mol. The van der Waals surface area contributed by atoms with Crippen molar-refractivity contribution in [2.24, 2.45) is 0 Å². The van der Waals surface area contributed by atoms with Crippen molar-refractivity contribution in [3.63, 3.8) is 0 Å². The maximum atomic E-state index is 12.5. The van der Waals surface area contributed by atoms with Crippen molar-refractivity contribution in [1.29, 1.82) is 0 Å². The average molecular weight is 594 g/mol. The molecular formula is C34H59NO7. The lowest BCUT2D eigenvalue weighted by Gasteiger charge is -2.34. The molecule has 2 unspecified atom stereocenters. The zero-order valence-corrected chi connectivity index (χ0v) is 27.2. The van der Waals surface area contributed by atoms with Crippen molar-refractivity contribution < 1.29 is 38.2 Å². The van der Waals surface area contributed by atoms with Crippen LogP contribution in [0.15, 0.2) is 36.5 Å². The van der Waals surface area contributed by atoms with E-state index in [1.54, 1.807) is 21.1 Å². The van der Waals surface area contributed by atoms with Gasteiger partial charge in [0.05, 0.1) is 40.3 Å². The van der Waals surface area contributed by atoms with Crippen molar-refractivity contribution >= 4 is 17.9 Å². The van der Waals surface area contributed by atoms with Crippen LogP contribution in [-0.2, 0) is 28.6 Å². The molecule has 242 valence electrons. The summed E-state index contributed by atoms with van der Waals surface area (Å²) in [4.78, 5) is 36.0. The lowest BCUT2D eigenvalue weighted by molar-refractivity contribution is -0.889. The number of unbranched alkanes of at least 4 members (excludes halogenated alkanes) is 7. The molecule has 0 bridgehead atoms. The average Bonchev–Trinajstić information content (AvgIpc) is 2.92. The van der Waals surface area contributed by atoms with E-state index in [2.05, 4.69) is 50.3 Å². The number of ether oxygens (including phenoxy) is 3. The molecule has 8 heteroatoms. The highest BCUT2D eigenvalue weighted by Crippen LogP contribution is 2.11. The van der Waals surface area contributed by atoms with Gasteiger partial charge in [0.15, 0.2) is 6.10 Å². The highest BCUT2D eigenvalue weighted by Gasteiger charge is 2.25. The van der Waals surface area contributed by atoms with Crippen LogP contribution < -0.4 is 5.11 Å². The fourth-order valence-corrected chi connectivity index (χ4v) is 4.26. The highest BCUT2D eigenvalue weighted by atomic mass is 16.6. The van der Waals surface area contributed by atoms with Crippen LogP contribution in [0.5, 0.6) is 0 Å². The van der Waals surface area contributed by atoms with Gasteiger partial charge in [-0.25, -0.2) is 0 Å². The maximum Gasteiger partial charge on any atom is 0.306 e. The number of rotatable bonds is 27. The van der Waals surface area contributed by atoms with E-state index < -0.39 is 18.1 Å². The molecule has 0 aliphatic carbocycles. The molecule has 0 aromatic rings. The number of hydrogen-bond acceptors (Lipinski definition) is 7. The van der Waals surface area contributed by atoms with Gasteiger partial charge in [-0.15, -0.1) is 0 Å². The molecule has 0 aliphatic heterocycles. The van der Waals surface area contributed by atoms with Gasteiger partial charge in [0.1, 0.15) is 12.6 Å². The van der Waals surface area contributed by atoms with E-state index in [1.165, 1.54) is 0 Å². The van der Waals surface area contributed by atoms with E-state index in [0.717, 1.165) is 77.0 Å². The number of hydrogen-bond donors (Lipinski definition) is 0. The molecule has 0 aromatic carbocycles. The second kappa shape index (κ2) is 26.2. The Morgan fingerprint density at radius 1 is 0.738 bits per heavy atom. The number of carbonyl (C=O) groups is 3. The normalized spacial score (nSPS) is 13.6. The minimum atomic E-state index is -1.13. The van der Waals surface area contributed by atoms with Crippen molar-refractivity contribution in [1.82, 2.24) is 0 Å². The second-order valence-corrected chi connectivity index (χ2v) is 11.7. The van der Waals surface area contributed by atoms with E-state index >= 15 is 0 Å². The molecule has 2 atom stereocenters. The van der Waals surface area contributed by atoms with Gasteiger partial charge in [-0.2, -0.15) is 0 Å². The third-order valence-electron chi connectivity index (χ3n) is 6.79. The molecule has 0 N–H and O–H groups in total. The number of aliphatic carboxylic acids is 1. The number of carbonyl (C=O) groups excluding carboxylic acids is 3. The molecule has 42 heavy (non-hydrogen) atoms. The standard InChI is InChI=1S/C34H59NO7/c1-6-8-10-11-12-13-14-15-16-17-18-19-20-21-23-25-33(37)42-30(29-41-32(36)24-22-9-7-2)28-40-27-26-31(34(38)39)35(3,4)5/h8,10,12-13,15-16,30-31H,6-7,9,11,14,17-29H2,1-5H3/b10-8-,13-12-,16-15-. The molecule has 0 amide bonds. The van der Waals surface area contributed by atoms with Crippen molar-refractivity contribution in [3.05, 3.63) is 36.5 Å². The minimum absolute atomic E-state index is 0.0319. The van der Waals surface area contributed by atoms with Gasteiger partial charge in [-0.05, 0) is 44.9 Å². The fraction of sp³-hybridized carbons (Fsp3) is 0.735. The Bertz CT molecular complexity index is 798. The van der Waals surface area contributed by atoms with E-state index in [-0.39, 0.29) is 42.7 Å². The van der Waals surface area contributed by atoms with Gasteiger partial charge in [-0.1, -0.05) is 82.4 Å². The second-order valence-electron chi connectivity index (χ2n) is 11.7. The van der Waals surface area contributed by atoms with Crippen LogP contribution in [0.25, 0.3) is 0 Å². The van der Waals surface area contributed by atoms with Gasteiger partial charge in [0, 0.05) is 19.3 Å². The first kappa shape index (κ1) is 39.5. The van der Waals surface area contributed by atoms with Crippen LogP contribution in [-0.4, -0.2) is 75.5 Å². The summed E-state index contributed by atoms with van der Waals surface area (Å²) in [6.45, 7) is 4.32. The number of esters is 2. The summed E-state index contributed by atoms with van der Waals surface area (Å²) in [6, 6.07) is -0.724. The molecule has 0 heterocycles. The molecule has 0 spiro atoms. The van der Waals surface area contributed by atoms with Gasteiger partial charge >= 0.3 is 11.9 Å². The first-order chi connectivity index (χ1) is 20.1. The topological polar surface area (TPSA) is 102 Å². The van der Waals surface area contributed by atoms with E-state index in [4.69, 9.17) is 14.2 Å². The lowest BCUT2D eigenvalue weighted by Crippen LogP contribution is -2.55. The Labute approximate surface area is 255 Å². The van der Waals surface area contributed by atoms with Crippen LogP contribution >= 0.6 is 0 Å². The molecule has 0 radical (unpaired) electrons. The first-order valence-electron chi connectivity index (χ1n) is 16.0. The van der Waals surface area contributed by atoms with Gasteiger partial charge in [0.2, 0.25) is 0 Å². The highest BCUT2D eigenvalue weighted by molar-refractivity contribution is 5.70. The van der Waals surface area contributed by atoms with E-state index in [9.17, 15) is 19.5 Å². The zero-order valence-electron chi connectivity index (χ0n) is 27.2. The summed E-state index contributed by atoms with van der Waals surface area (Å²) in [5.41, 5.74) is 0. The maximum absolute atomic E-state index is 12.5. The van der Waals surface area contributed by atoms with Crippen LogP contribution in [0.2, 0.25) is 0 Å². The Morgan fingerprint density at radius 3 is 1.98 bits per heavy atom. The summed E-state index contributed by atoms with van der Waals surface area (Å²) in [5, 5.41) is 11.5. The van der Waals surface area contributed by atoms with Crippen molar-refractivity contribution in [2.75, 3.05) is 41.0 Å². The van der Waals surface area contributed by atoms with Gasteiger partial charge in [-0.3, -0.25) is 9.59 Å². The fourth-order valence-electron chi connectivity index (χ4n) is 4.26. The number of carboxylic acids is 1. The Kier molecular flexibility index (Phi) is 24.7. The van der Waals surface area contributed by atoms with E-state index in [0.29, 0.717) is 12.8 Å². The zero-order chi connectivity index (χ0) is 31.5. The monoisotopic (exact) mass is 593 g/mol. The third-order valence-corrected chi connectivity index (χ3v) is 6.79. The summed E-state index contributed by atoms with van der Waals surface area (Å²) < 4.78 is 16.8. The van der Waals surface area contributed by atoms with E-state index in [1.807, 2.05) is 0 Å². The minimum Gasteiger partial charge on any atom is -0.544 e. The van der Waals surface area contributed by atoms with Crippen LogP contribution in [0.4, 0.5) is 0 Å². The number of carboxylic acid groups (broad SMARTS) is 1. The molecule has 0 aromatic heterocycles. The Morgan fingerprint density at radius 2 is 1.33 bits per heavy atom. The van der Waals surface area contributed by atoms with Gasteiger partial charge in [0.25, 0.3) is 0 Å². The SMILES string of the molecule is CC/C=C\C/C=C\C/C=C\CCCCCCCC(=O)OC(COCCC(C(=O)[O-])[N+](C)(C)C)COC(=O)CCCCC. The predicted octanol–water partition coefficient (Wildman–Crippen LogP) is 5.84. The smallest absolute Gasteiger partial charge is 0.306 e. The molecule has 0 aliphatic rings. The summed E-state index contributed by atoms with van der Waals surface area (Å²) in [5.74, 6) is -1.80. The largest absolute Gasteiger partial charge is 0.544 e. The number of nitrogens with zero attached hydrogens (tertiary/aromatic N) is 1. The molecule has 8 nitrogen and oxygen atoms in total. The summed E-state index contributed by atoms with van der Waals surface area (Å²) in [7, 11) is 5.36. The first-order valence-corrected chi connectivity index (χ1v) is 16.0. The molecule has 0 fully saturated rings. The number of likely N-dealkylation sites (N-methyl/N-ethyl adjacent to an activating group) is 1. The van der Waals surface area contributed by atoms with Crippen LogP contribution in [0.1, 0.15) is 110 Å². The molecule has 0 rings (SSSR count). The molecule has 0 saturated heterocycles.